The molecule has 0 amide bonds. The third-order valence-corrected chi connectivity index (χ3v) is 5.92. The van der Waals surface area contributed by atoms with E-state index in [0.29, 0.717) is 12.4 Å². The lowest BCUT2D eigenvalue weighted by atomic mass is 10.1. The van der Waals surface area contributed by atoms with E-state index in [4.69, 9.17) is 14.7 Å². The molecule has 0 aliphatic carbocycles. The fourth-order valence-corrected chi connectivity index (χ4v) is 4.20. The standard InChI is InChI=1S/C25H27N5O2/c31-21-8-6-18(7-9-21)10-13-27-24-22-5-1-2-14-30(20-11-15-32-17-20)25(22)29-23(28-24)19-4-3-12-26-16-19/h2-4,6-9,12,14,16,20,31H,1,5,10-11,13,15,17H2,(H,27,28,29)/t20-/m0/s1. The summed E-state index contributed by atoms with van der Waals surface area (Å²) < 4.78 is 5.67. The van der Waals surface area contributed by atoms with Crippen LogP contribution in [-0.2, 0) is 17.6 Å². The molecule has 0 bridgehead atoms. The number of fused-ring (bicyclic) bond motifs is 1. The van der Waals surface area contributed by atoms with Crippen LogP contribution in [0.4, 0.5) is 11.6 Å². The maximum absolute atomic E-state index is 9.52. The Bertz CT molecular complexity index is 1080. The summed E-state index contributed by atoms with van der Waals surface area (Å²) >= 11 is 0. The number of benzene rings is 1. The van der Waals surface area contributed by atoms with E-state index in [2.05, 4.69) is 27.5 Å². The summed E-state index contributed by atoms with van der Waals surface area (Å²) in [6.07, 6.45) is 11.6. The van der Waals surface area contributed by atoms with Gasteiger partial charge in [0.2, 0.25) is 0 Å². The number of anilines is 2. The topological polar surface area (TPSA) is 83.4 Å². The third kappa shape index (κ3) is 4.43. The first kappa shape index (κ1) is 20.5. The van der Waals surface area contributed by atoms with Gasteiger partial charge >= 0.3 is 0 Å². The zero-order valence-corrected chi connectivity index (χ0v) is 17.9. The van der Waals surface area contributed by atoms with E-state index in [1.807, 2.05) is 24.3 Å². The highest BCUT2D eigenvalue weighted by atomic mass is 16.5. The minimum Gasteiger partial charge on any atom is -0.508 e. The van der Waals surface area contributed by atoms with Gasteiger partial charge in [0.1, 0.15) is 17.4 Å². The van der Waals surface area contributed by atoms with Crippen molar-refractivity contribution < 1.29 is 9.84 Å². The van der Waals surface area contributed by atoms with Gasteiger partial charge in [0, 0.05) is 42.9 Å². The molecule has 1 saturated heterocycles. The van der Waals surface area contributed by atoms with Crippen LogP contribution in [0.25, 0.3) is 11.4 Å². The number of aromatic nitrogens is 3. The number of nitrogens with zero attached hydrogens (tertiary/aromatic N) is 4. The van der Waals surface area contributed by atoms with Crippen LogP contribution in [0, 0.1) is 0 Å². The number of phenolic OH excluding ortho intramolecular Hbond substituents is 1. The fraction of sp³-hybridized carbons (Fsp3) is 0.320. The van der Waals surface area contributed by atoms with Crippen LogP contribution in [0.15, 0.2) is 61.1 Å². The number of rotatable bonds is 6. The monoisotopic (exact) mass is 429 g/mol. The molecular formula is C25H27N5O2. The highest BCUT2D eigenvalue weighted by Crippen LogP contribution is 2.34. The quantitative estimate of drug-likeness (QED) is 0.614. The van der Waals surface area contributed by atoms with Crippen molar-refractivity contribution in [3.05, 3.63) is 72.2 Å². The number of phenols is 1. The predicted octanol–water partition coefficient (Wildman–Crippen LogP) is 3.95. The Labute approximate surface area is 187 Å². The lowest BCUT2D eigenvalue weighted by Crippen LogP contribution is -2.32. The molecule has 0 radical (unpaired) electrons. The molecule has 1 aromatic carbocycles. The van der Waals surface area contributed by atoms with Crippen molar-refractivity contribution in [1.82, 2.24) is 15.0 Å². The maximum atomic E-state index is 9.52. The normalized spacial score (nSPS) is 17.8. The zero-order valence-electron chi connectivity index (χ0n) is 17.9. The lowest BCUT2D eigenvalue weighted by molar-refractivity contribution is 0.194. The van der Waals surface area contributed by atoms with E-state index >= 15 is 0 Å². The predicted molar refractivity (Wildman–Crippen MR) is 125 cm³/mol. The first-order valence-corrected chi connectivity index (χ1v) is 11.1. The Morgan fingerprint density at radius 1 is 1.16 bits per heavy atom. The van der Waals surface area contributed by atoms with Crippen molar-refractivity contribution in [2.45, 2.75) is 31.7 Å². The Kier molecular flexibility index (Phi) is 5.98. The molecular weight excluding hydrogens is 402 g/mol. The Balaban J connectivity index is 1.48. The lowest BCUT2D eigenvalue weighted by Gasteiger charge is -2.27. The second-order valence-corrected chi connectivity index (χ2v) is 8.13. The summed E-state index contributed by atoms with van der Waals surface area (Å²) in [6, 6.07) is 11.5. The number of hydrogen-bond donors (Lipinski definition) is 2. The largest absolute Gasteiger partial charge is 0.508 e. The van der Waals surface area contributed by atoms with Gasteiger partial charge in [-0.25, -0.2) is 9.97 Å². The molecule has 4 heterocycles. The van der Waals surface area contributed by atoms with Crippen molar-refractivity contribution in [2.24, 2.45) is 0 Å². The summed E-state index contributed by atoms with van der Waals surface area (Å²) in [5, 5.41) is 13.1. The number of allylic oxidation sites excluding steroid dienone is 1. The second-order valence-electron chi connectivity index (χ2n) is 8.13. The van der Waals surface area contributed by atoms with Crippen LogP contribution < -0.4 is 10.2 Å². The summed E-state index contributed by atoms with van der Waals surface area (Å²) in [5.41, 5.74) is 3.20. The average molecular weight is 430 g/mol. The van der Waals surface area contributed by atoms with Gasteiger partial charge < -0.3 is 20.1 Å². The Morgan fingerprint density at radius 2 is 2.06 bits per heavy atom. The molecule has 1 fully saturated rings. The minimum atomic E-state index is 0.282. The molecule has 0 spiro atoms. The van der Waals surface area contributed by atoms with E-state index in [9.17, 15) is 5.11 Å². The molecule has 2 aromatic heterocycles. The molecule has 5 rings (SSSR count). The van der Waals surface area contributed by atoms with E-state index < -0.39 is 0 Å². The van der Waals surface area contributed by atoms with Crippen LogP contribution in [0.5, 0.6) is 5.75 Å². The Morgan fingerprint density at radius 3 is 2.84 bits per heavy atom. The highest BCUT2D eigenvalue weighted by molar-refractivity contribution is 5.68. The highest BCUT2D eigenvalue weighted by Gasteiger charge is 2.28. The first-order valence-electron chi connectivity index (χ1n) is 11.1. The molecule has 2 aliphatic heterocycles. The van der Waals surface area contributed by atoms with Crippen molar-refractivity contribution in [1.29, 1.82) is 0 Å². The van der Waals surface area contributed by atoms with E-state index in [0.717, 1.165) is 67.2 Å². The van der Waals surface area contributed by atoms with Gasteiger partial charge in [0.05, 0.1) is 12.6 Å². The smallest absolute Gasteiger partial charge is 0.165 e. The van der Waals surface area contributed by atoms with Crippen LogP contribution in [0.2, 0.25) is 0 Å². The molecule has 2 aliphatic rings. The molecule has 3 aromatic rings. The molecule has 32 heavy (non-hydrogen) atoms. The molecule has 0 unspecified atom stereocenters. The van der Waals surface area contributed by atoms with Gasteiger partial charge in [0.25, 0.3) is 0 Å². The van der Waals surface area contributed by atoms with Crippen molar-refractivity contribution in [3.8, 4) is 17.1 Å². The molecule has 1 atom stereocenters. The summed E-state index contributed by atoms with van der Waals surface area (Å²) in [7, 11) is 0. The van der Waals surface area contributed by atoms with Gasteiger partial charge in [-0.1, -0.05) is 18.2 Å². The van der Waals surface area contributed by atoms with Crippen LogP contribution in [-0.4, -0.2) is 45.9 Å². The van der Waals surface area contributed by atoms with E-state index in [-0.39, 0.29) is 11.8 Å². The molecule has 2 N–H and O–H groups in total. The van der Waals surface area contributed by atoms with Gasteiger partial charge in [0.15, 0.2) is 5.82 Å². The first-order chi connectivity index (χ1) is 15.8. The fourth-order valence-electron chi connectivity index (χ4n) is 4.20. The zero-order chi connectivity index (χ0) is 21.8. The van der Waals surface area contributed by atoms with Gasteiger partial charge in [-0.2, -0.15) is 0 Å². The third-order valence-electron chi connectivity index (χ3n) is 5.92. The number of nitrogens with one attached hydrogen (secondary N) is 1. The van der Waals surface area contributed by atoms with Gasteiger partial charge in [-0.15, -0.1) is 0 Å². The average Bonchev–Trinajstić information content (AvgIpc) is 3.27. The minimum absolute atomic E-state index is 0.282. The van der Waals surface area contributed by atoms with Crippen LogP contribution in [0.1, 0.15) is 24.0 Å². The number of ether oxygens (including phenoxy) is 1. The van der Waals surface area contributed by atoms with Crippen LogP contribution in [0.3, 0.4) is 0 Å². The number of aromatic hydroxyl groups is 1. The maximum Gasteiger partial charge on any atom is 0.165 e. The number of pyridine rings is 1. The van der Waals surface area contributed by atoms with Gasteiger partial charge in [-0.3, -0.25) is 4.98 Å². The molecule has 7 nitrogen and oxygen atoms in total. The van der Waals surface area contributed by atoms with Crippen molar-refractivity contribution >= 4 is 11.6 Å². The summed E-state index contributed by atoms with van der Waals surface area (Å²) in [6.45, 7) is 2.23. The SMILES string of the molecule is Oc1ccc(CCNc2nc(-c3cccnc3)nc3c2CCC=CN3[C@H]2CCOC2)cc1. The van der Waals surface area contributed by atoms with E-state index in [1.54, 1.807) is 24.5 Å². The molecule has 7 heteroatoms. The van der Waals surface area contributed by atoms with Crippen LogP contribution >= 0.6 is 0 Å². The van der Waals surface area contributed by atoms with Gasteiger partial charge in [-0.05, 0) is 55.5 Å². The Hall–Kier alpha value is -3.45. The molecule has 164 valence electrons. The summed E-state index contributed by atoms with van der Waals surface area (Å²) in [4.78, 5) is 16.4. The van der Waals surface area contributed by atoms with Crippen molar-refractivity contribution in [3.63, 3.8) is 0 Å². The number of hydrogen-bond acceptors (Lipinski definition) is 7. The second kappa shape index (κ2) is 9.36. The summed E-state index contributed by atoms with van der Waals surface area (Å²) in [5.74, 6) is 2.78. The van der Waals surface area contributed by atoms with Crippen molar-refractivity contribution in [2.75, 3.05) is 30.0 Å². The molecule has 0 saturated carbocycles. The van der Waals surface area contributed by atoms with E-state index in [1.165, 1.54) is 0 Å².